The van der Waals surface area contributed by atoms with Crippen molar-refractivity contribution in [1.29, 1.82) is 0 Å². The molecule has 1 aliphatic rings. The molecule has 4 heteroatoms. The van der Waals surface area contributed by atoms with E-state index >= 15 is 0 Å². The third kappa shape index (κ3) is 3.32. The van der Waals surface area contributed by atoms with Crippen molar-refractivity contribution in [3.8, 4) is 0 Å². The maximum atomic E-state index is 11.4. The average molecular weight is 186 g/mol. The monoisotopic (exact) mass is 186 g/mol. The Bertz CT molecular complexity index is 167. The highest BCUT2D eigenvalue weighted by Crippen LogP contribution is 2.11. The maximum Gasteiger partial charge on any atom is 0.249 e. The van der Waals surface area contributed by atoms with Gasteiger partial charge in [0.1, 0.15) is 6.10 Å². The van der Waals surface area contributed by atoms with E-state index in [1.165, 1.54) is 0 Å². The molecule has 0 saturated carbocycles. The molecule has 4 nitrogen and oxygen atoms in total. The second-order valence-electron chi connectivity index (χ2n) is 3.42. The molecule has 1 amide bonds. The Hall–Kier alpha value is -0.610. The molecule has 0 aromatic carbocycles. The van der Waals surface area contributed by atoms with Gasteiger partial charge in [0.15, 0.2) is 0 Å². The molecule has 1 fully saturated rings. The lowest BCUT2D eigenvalue weighted by molar-refractivity contribution is -0.130. The molecule has 1 aliphatic heterocycles. The van der Waals surface area contributed by atoms with Crippen molar-refractivity contribution >= 4 is 5.91 Å². The van der Waals surface area contributed by atoms with Crippen molar-refractivity contribution in [3.63, 3.8) is 0 Å². The van der Waals surface area contributed by atoms with Crippen molar-refractivity contribution in [3.05, 3.63) is 0 Å². The smallest absolute Gasteiger partial charge is 0.249 e. The van der Waals surface area contributed by atoms with Gasteiger partial charge in [-0.15, -0.1) is 0 Å². The molecule has 1 rings (SSSR count). The summed E-state index contributed by atoms with van der Waals surface area (Å²) in [6, 6.07) is 0.0605. The van der Waals surface area contributed by atoms with Crippen LogP contribution in [0.4, 0.5) is 0 Å². The first kappa shape index (κ1) is 10.5. The van der Waals surface area contributed by atoms with E-state index in [4.69, 9.17) is 10.5 Å². The molecule has 0 spiro atoms. The fourth-order valence-electron chi connectivity index (χ4n) is 1.27. The van der Waals surface area contributed by atoms with Crippen molar-refractivity contribution in [2.75, 3.05) is 13.2 Å². The van der Waals surface area contributed by atoms with E-state index < -0.39 is 0 Å². The van der Waals surface area contributed by atoms with Crippen LogP contribution in [-0.4, -0.2) is 31.2 Å². The molecule has 1 saturated heterocycles. The Morgan fingerprint density at radius 1 is 1.77 bits per heavy atom. The largest absolute Gasteiger partial charge is 0.368 e. The zero-order valence-corrected chi connectivity index (χ0v) is 8.08. The number of hydrogen-bond donors (Lipinski definition) is 2. The summed E-state index contributed by atoms with van der Waals surface area (Å²) in [6.45, 7) is 3.26. The predicted molar refractivity (Wildman–Crippen MR) is 50.3 cm³/mol. The molecule has 1 unspecified atom stereocenters. The lowest BCUT2D eigenvalue weighted by Crippen LogP contribution is -2.41. The summed E-state index contributed by atoms with van der Waals surface area (Å²) in [5.74, 6) is -0.0126. The fraction of sp³-hybridized carbons (Fsp3) is 0.889. The fourth-order valence-corrected chi connectivity index (χ4v) is 1.27. The molecule has 2 atom stereocenters. The van der Waals surface area contributed by atoms with Gasteiger partial charge < -0.3 is 15.8 Å². The number of rotatable bonds is 4. The van der Waals surface area contributed by atoms with Crippen LogP contribution in [0.15, 0.2) is 0 Å². The van der Waals surface area contributed by atoms with E-state index in [0.717, 1.165) is 19.3 Å². The number of carbonyl (C=O) groups is 1. The molecule has 13 heavy (non-hydrogen) atoms. The second kappa shape index (κ2) is 5.19. The third-order valence-electron chi connectivity index (χ3n) is 2.28. The summed E-state index contributed by atoms with van der Waals surface area (Å²) in [6.07, 6.45) is 2.47. The topological polar surface area (TPSA) is 64.3 Å². The minimum atomic E-state index is -0.232. The van der Waals surface area contributed by atoms with E-state index in [1.54, 1.807) is 0 Å². The van der Waals surface area contributed by atoms with Crippen LogP contribution in [0.25, 0.3) is 0 Å². The van der Waals surface area contributed by atoms with Crippen LogP contribution in [0.3, 0.4) is 0 Å². The highest BCUT2D eigenvalue weighted by molar-refractivity contribution is 5.80. The van der Waals surface area contributed by atoms with Crippen LogP contribution in [0, 0.1) is 0 Å². The molecule has 3 N–H and O–H groups in total. The Kier molecular flexibility index (Phi) is 4.18. The van der Waals surface area contributed by atoms with Crippen LogP contribution in [0.2, 0.25) is 0 Å². The van der Waals surface area contributed by atoms with Gasteiger partial charge in [-0.05, 0) is 19.3 Å². The Labute approximate surface area is 78.8 Å². The van der Waals surface area contributed by atoms with E-state index in [2.05, 4.69) is 5.32 Å². The lowest BCUT2D eigenvalue weighted by Gasteiger charge is -2.13. The van der Waals surface area contributed by atoms with E-state index in [1.807, 2.05) is 6.92 Å². The minimum Gasteiger partial charge on any atom is -0.368 e. The number of nitrogens with two attached hydrogens (primary N) is 1. The van der Waals surface area contributed by atoms with Gasteiger partial charge in [-0.25, -0.2) is 0 Å². The standard InChI is InChI=1S/C9H18N2O2/c1-2-7(10)6-11-9(12)8-4-3-5-13-8/h7-8H,2-6,10H2,1H3,(H,11,12)/t7?,8-/m1/s1. The van der Waals surface area contributed by atoms with Crippen molar-refractivity contribution < 1.29 is 9.53 Å². The number of carbonyl (C=O) groups excluding carboxylic acids is 1. The normalized spacial score (nSPS) is 24.3. The summed E-state index contributed by atoms with van der Waals surface area (Å²) >= 11 is 0. The van der Waals surface area contributed by atoms with Crippen molar-refractivity contribution in [1.82, 2.24) is 5.32 Å². The second-order valence-corrected chi connectivity index (χ2v) is 3.42. The van der Waals surface area contributed by atoms with Gasteiger partial charge in [0.05, 0.1) is 0 Å². The molecule has 0 aliphatic carbocycles. The molecular weight excluding hydrogens is 168 g/mol. The predicted octanol–water partition coefficient (Wildman–Crippen LogP) is 0.0189. The van der Waals surface area contributed by atoms with Gasteiger partial charge >= 0.3 is 0 Å². The quantitative estimate of drug-likeness (QED) is 0.650. The third-order valence-corrected chi connectivity index (χ3v) is 2.28. The summed E-state index contributed by atoms with van der Waals surface area (Å²) in [4.78, 5) is 11.4. The molecule has 0 radical (unpaired) electrons. The zero-order valence-electron chi connectivity index (χ0n) is 8.08. The van der Waals surface area contributed by atoms with Gasteiger partial charge in [-0.2, -0.15) is 0 Å². The Morgan fingerprint density at radius 2 is 2.54 bits per heavy atom. The van der Waals surface area contributed by atoms with Gasteiger partial charge in [0.25, 0.3) is 0 Å². The van der Waals surface area contributed by atoms with E-state index in [0.29, 0.717) is 13.2 Å². The Morgan fingerprint density at radius 3 is 3.08 bits per heavy atom. The number of nitrogens with one attached hydrogen (secondary N) is 1. The van der Waals surface area contributed by atoms with Gasteiger partial charge in [0.2, 0.25) is 5.91 Å². The summed E-state index contributed by atoms with van der Waals surface area (Å²) < 4.78 is 5.23. The number of amides is 1. The highest BCUT2D eigenvalue weighted by atomic mass is 16.5. The van der Waals surface area contributed by atoms with Crippen LogP contribution in [0.1, 0.15) is 26.2 Å². The molecule has 0 bridgehead atoms. The zero-order chi connectivity index (χ0) is 9.68. The summed E-state index contributed by atoms with van der Waals surface area (Å²) in [5, 5.41) is 2.79. The molecular formula is C9H18N2O2. The average Bonchev–Trinajstić information content (AvgIpc) is 2.66. The van der Waals surface area contributed by atoms with Crippen LogP contribution in [-0.2, 0) is 9.53 Å². The first-order valence-corrected chi connectivity index (χ1v) is 4.89. The molecule has 1 heterocycles. The van der Waals surface area contributed by atoms with Crippen LogP contribution < -0.4 is 11.1 Å². The van der Waals surface area contributed by atoms with Crippen LogP contribution in [0.5, 0.6) is 0 Å². The minimum absolute atomic E-state index is 0.0126. The van der Waals surface area contributed by atoms with E-state index in [-0.39, 0.29) is 18.1 Å². The van der Waals surface area contributed by atoms with Crippen LogP contribution >= 0.6 is 0 Å². The Balaban J connectivity index is 2.16. The summed E-state index contributed by atoms with van der Waals surface area (Å²) in [7, 11) is 0. The molecule has 0 aromatic rings. The van der Waals surface area contributed by atoms with E-state index in [9.17, 15) is 4.79 Å². The van der Waals surface area contributed by atoms with Gasteiger partial charge in [-0.3, -0.25) is 4.79 Å². The first-order chi connectivity index (χ1) is 6.24. The van der Waals surface area contributed by atoms with Gasteiger partial charge in [0, 0.05) is 19.2 Å². The molecule has 0 aromatic heterocycles. The highest BCUT2D eigenvalue weighted by Gasteiger charge is 2.23. The SMILES string of the molecule is CCC(N)CNC(=O)[C@H]1CCCO1. The number of ether oxygens (including phenoxy) is 1. The lowest BCUT2D eigenvalue weighted by atomic mass is 10.2. The summed E-state index contributed by atoms with van der Waals surface area (Å²) in [5.41, 5.74) is 5.66. The maximum absolute atomic E-state index is 11.4. The molecule has 76 valence electrons. The van der Waals surface area contributed by atoms with Crippen molar-refractivity contribution in [2.45, 2.75) is 38.3 Å². The number of hydrogen-bond acceptors (Lipinski definition) is 3. The van der Waals surface area contributed by atoms with Gasteiger partial charge in [-0.1, -0.05) is 6.92 Å². The van der Waals surface area contributed by atoms with Crippen molar-refractivity contribution in [2.24, 2.45) is 5.73 Å². The first-order valence-electron chi connectivity index (χ1n) is 4.89.